The number of ether oxygens (including phenoxy) is 2. The number of rotatable bonds is 9. The molecule has 2 atom stereocenters. The molecular formula is C17H27NO3. The summed E-state index contributed by atoms with van der Waals surface area (Å²) >= 11 is 0. The zero-order valence-corrected chi connectivity index (χ0v) is 13.5. The second-order valence-corrected chi connectivity index (χ2v) is 5.00. The maximum atomic E-state index is 11.8. The van der Waals surface area contributed by atoms with Gasteiger partial charge in [-0.1, -0.05) is 32.4 Å². The third kappa shape index (κ3) is 5.76. The largest absolute Gasteiger partial charge is 0.479 e. The second kappa shape index (κ2) is 9.40. The van der Waals surface area contributed by atoms with Crippen LogP contribution in [0.3, 0.4) is 0 Å². The lowest BCUT2D eigenvalue weighted by atomic mass is 10.1. The Balaban J connectivity index is 2.69. The van der Waals surface area contributed by atoms with E-state index in [0.29, 0.717) is 24.8 Å². The van der Waals surface area contributed by atoms with E-state index < -0.39 is 6.10 Å². The zero-order valence-electron chi connectivity index (χ0n) is 13.5. The number of carbonyl (C=O) groups excluding carboxylic acids is 1. The summed E-state index contributed by atoms with van der Waals surface area (Å²) in [7, 11) is 0. The van der Waals surface area contributed by atoms with Gasteiger partial charge in [0, 0.05) is 6.04 Å². The first-order valence-electron chi connectivity index (χ1n) is 7.78. The normalized spacial score (nSPS) is 13.5. The summed E-state index contributed by atoms with van der Waals surface area (Å²) in [6.07, 6.45) is 1.01. The Labute approximate surface area is 127 Å². The van der Waals surface area contributed by atoms with Crippen LogP contribution in [0.15, 0.2) is 24.3 Å². The van der Waals surface area contributed by atoms with Gasteiger partial charge >= 0.3 is 5.97 Å². The summed E-state index contributed by atoms with van der Waals surface area (Å²) in [6, 6.07) is 8.17. The molecule has 0 spiro atoms. The molecule has 0 bridgehead atoms. The Hall–Kier alpha value is -1.55. The molecular weight excluding hydrogens is 266 g/mol. The summed E-state index contributed by atoms with van der Waals surface area (Å²) in [5.41, 5.74) is 1.20. The minimum Gasteiger partial charge on any atom is -0.479 e. The SMILES string of the molecule is CCCC(Oc1ccc(C(C)NCC)cc1)C(=O)OCC. The van der Waals surface area contributed by atoms with Crippen LogP contribution >= 0.6 is 0 Å². The minimum atomic E-state index is -0.521. The third-order valence-corrected chi connectivity index (χ3v) is 3.27. The average molecular weight is 293 g/mol. The number of carbonyl (C=O) groups is 1. The van der Waals surface area contributed by atoms with Gasteiger partial charge in [0.05, 0.1) is 6.61 Å². The second-order valence-electron chi connectivity index (χ2n) is 5.00. The Morgan fingerprint density at radius 2 is 1.86 bits per heavy atom. The lowest BCUT2D eigenvalue weighted by Gasteiger charge is -2.18. The topological polar surface area (TPSA) is 47.6 Å². The molecule has 0 aliphatic heterocycles. The fourth-order valence-electron chi connectivity index (χ4n) is 2.15. The summed E-state index contributed by atoms with van der Waals surface area (Å²) < 4.78 is 10.8. The molecule has 1 rings (SSSR count). The smallest absolute Gasteiger partial charge is 0.347 e. The van der Waals surface area contributed by atoms with E-state index in [1.54, 1.807) is 6.92 Å². The molecule has 0 radical (unpaired) electrons. The molecule has 0 saturated carbocycles. The van der Waals surface area contributed by atoms with Crippen LogP contribution in [0, 0.1) is 0 Å². The van der Waals surface area contributed by atoms with Gasteiger partial charge in [0.1, 0.15) is 5.75 Å². The number of hydrogen-bond donors (Lipinski definition) is 1. The molecule has 1 N–H and O–H groups in total. The highest BCUT2D eigenvalue weighted by molar-refractivity contribution is 5.75. The molecule has 0 fully saturated rings. The first kappa shape index (κ1) is 17.5. The summed E-state index contributed by atoms with van der Waals surface area (Å²) in [5.74, 6) is 0.415. The van der Waals surface area contributed by atoms with Crippen LogP contribution in [-0.4, -0.2) is 25.2 Å². The first-order chi connectivity index (χ1) is 10.1. The maximum absolute atomic E-state index is 11.8. The van der Waals surface area contributed by atoms with Crippen LogP contribution in [-0.2, 0) is 9.53 Å². The van der Waals surface area contributed by atoms with Gasteiger partial charge in [0.25, 0.3) is 0 Å². The van der Waals surface area contributed by atoms with Crippen molar-refractivity contribution in [2.45, 2.75) is 52.7 Å². The molecule has 4 nitrogen and oxygen atoms in total. The number of esters is 1. The maximum Gasteiger partial charge on any atom is 0.347 e. The zero-order chi connectivity index (χ0) is 15.7. The number of hydrogen-bond acceptors (Lipinski definition) is 4. The lowest BCUT2D eigenvalue weighted by molar-refractivity contribution is -0.151. The van der Waals surface area contributed by atoms with Crippen molar-refractivity contribution in [3.05, 3.63) is 29.8 Å². The minimum absolute atomic E-state index is 0.288. The molecule has 0 aliphatic carbocycles. The molecule has 1 aromatic carbocycles. The predicted octanol–water partition coefficient (Wildman–Crippen LogP) is 3.47. The van der Waals surface area contributed by atoms with Gasteiger partial charge in [0.15, 0.2) is 6.10 Å². The lowest BCUT2D eigenvalue weighted by Crippen LogP contribution is -2.29. The molecule has 4 heteroatoms. The summed E-state index contributed by atoms with van der Waals surface area (Å²) in [6.45, 7) is 9.34. The van der Waals surface area contributed by atoms with Crippen molar-refractivity contribution < 1.29 is 14.3 Å². The highest BCUT2D eigenvalue weighted by atomic mass is 16.6. The Kier molecular flexibility index (Phi) is 7.83. The van der Waals surface area contributed by atoms with Gasteiger partial charge in [-0.2, -0.15) is 0 Å². The monoisotopic (exact) mass is 293 g/mol. The number of nitrogens with one attached hydrogen (secondary N) is 1. The van der Waals surface area contributed by atoms with E-state index in [-0.39, 0.29) is 5.97 Å². The van der Waals surface area contributed by atoms with Gasteiger partial charge in [-0.3, -0.25) is 0 Å². The van der Waals surface area contributed by atoms with Crippen molar-refractivity contribution in [1.82, 2.24) is 5.32 Å². The molecule has 0 aliphatic rings. The molecule has 0 heterocycles. The van der Waals surface area contributed by atoms with Crippen molar-refractivity contribution in [3.8, 4) is 5.75 Å². The highest BCUT2D eigenvalue weighted by Gasteiger charge is 2.20. The van der Waals surface area contributed by atoms with E-state index in [1.165, 1.54) is 5.56 Å². The van der Waals surface area contributed by atoms with Gasteiger partial charge in [-0.25, -0.2) is 4.79 Å². The van der Waals surface area contributed by atoms with Crippen LogP contribution in [0.25, 0.3) is 0 Å². The predicted molar refractivity (Wildman–Crippen MR) is 84.5 cm³/mol. The molecule has 0 amide bonds. The van der Waals surface area contributed by atoms with Gasteiger partial charge in [-0.05, 0) is 44.5 Å². The summed E-state index contributed by atoms with van der Waals surface area (Å²) in [4.78, 5) is 11.8. The van der Waals surface area contributed by atoms with Crippen molar-refractivity contribution in [3.63, 3.8) is 0 Å². The van der Waals surface area contributed by atoms with E-state index in [1.807, 2.05) is 31.2 Å². The summed E-state index contributed by atoms with van der Waals surface area (Å²) in [5, 5.41) is 3.36. The number of benzene rings is 1. The Morgan fingerprint density at radius 1 is 1.19 bits per heavy atom. The third-order valence-electron chi connectivity index (χ3n) is 3.27. The van der Waals surface area contributed by atoms with Crippen LogP contribution < -0.4 is 10.1 Å². The Bertz CT molecular complexity index is 417. The highest BCUT2D eigenvalue weighted by Crippen LogP contribution is 2.20. The van der Waals surface area contributed by atoms with E-state index in [2.05, 4.69) is 19.2 Å². The van der Waals surface area contributed by atoms with E-state index in [9.17, 15) is 4.79 Å². The quantitative estimate of drug-likeness (QED) is 0.708. The van der Waals surface area contributed by atoms with Crippen LogP contribution in [0.5, 0.6) is 5.75 Å². The van der Waals surface area contributed by atoms with Gasteiger partial charge < -0.3 is 14.8 Å². The fraction of sp³-hybridized carbons (Fsp3) is 0.588. The van der Waals surface area contributed by atoms with E-state index in [4.69, 9.17) is 9.47 Å². The average Bonchev–Trinajstić information content (AvgIpc) is 2.48. The van der Waals surface area contributed by atoms with Crippen molar-refractivity contribution >= 4 is 5.97 Å². The van der Waals surface area contributed by atoms with Crippen molar-refractivity contribution in [2.75, 3.05) is 13.2 Å². The van der Waals surface area contributed by atoms with Crippen LogP contribution in [0.1, 0.15) is 52.1 Å². The molecule has 118 valence electrons. The standard InChI is InChI=1S/C17H27NO3/c1-5-8-16(17(19)20-7-3)21-15-11-9-14(10-12-15)13(4)18-6-2/h9-13,16,18H,5-8H2,1-4H3. The molecule has 0 saturated heterocycles. The molecule has 21 heavy (non-hydrogen) atoms. The van der Waals surface area contributed by atoms with Crippen molar-refractivity contribution in [2.24, 2.45) is 0 Å². The molecule has 2 unspecified atom stereocenters. The van der Waals surface area contributed by atoms with Gasteiger partial charge in [0.2, 0.25) is 0 Å². The van der Waals surface area contributed by atoms with Gasteiger partial charge in [-0.15, -0.1) is 0 Å². The van der Waals surface area contributed by atoms with Crippen LogP contribution in [0.2, 0.25) is 0 Å². The molecule has 0 aromatic heterocycles. The van der Waals surface area contributed by atoms with E-state index in [0.717, 1.165) is 13.0 Å². The first-order valence-corrected chi connectivity index (χ1v) is 7.78. The molecule has 1 aromatic rings. The van der Waals surface area contributed by atoms with Crippen molar-refractivity contribution in [1.29, 1.82) is 0 Å². The Morgan fingerprint density at radius 3 is 2.38 bits per heavy atom. The van der Waals surface area contributed by atoms with E-state index >= 15 is 0 Å². The fourth-order valence-corrected chi connectivity index (χ4v) is 2.15. The van der Waals surface area contributed by atoms with Crippen LogP contribution in [0.4, 0.5) is 0 Å².